The molecule has 4 atom stereocenters. The van der Waals surface area contributed by atoms with Crippen LogP contribution in [0, 0.1) is 11.8 Å². The van der Waals surface area contributed by atoms with Gasteiger partial charge in [0.05, 0.1) is 11.9 Å². The molecule has 0 unspecified atom stereocenters. The van der Waals surface area contributed by atoms with Crippen molar-refractivity contribution in [2.24, 2.45) is 11.8 Å². The summed E-state index contributed by atoms with van der Waals surface area (Å²) in [7, 11) is -3.36. The summed E-state index contributed by atoms with van der Waals surface area (Å²) in [5, 5.41) is 15.1. The van der Waals surface area contributed by atoms with Crippen molar-refractivity contribution < 1.29 is 13.5 Å². The molecular weight excluding hydrogens is 306 g/mol. The summed E-state index contributed by atoms with van der Waals surface area (Å²) in [6.07, 6.45) is 2.64. The second kappa shape index (κ2) is 7.22. The maximum atomic E-state index is 12.1. The minimum absolute atomic E-state index is 0.210. The number of thiophene rings is 1. The summed E-state index contributed by atoms with van der Waals surface area (Å²) in [5.74, 6) is 1.13. The van der Waals surface area contributed by atoms with Gasteiger partial charge in [-0.2, -0.15) is 0 Å². The lowest BCUT2D eigenvalue weighted by Gasteiger charge is -2.33. The zero-order chi connectivity index (χ0) is 15.5. The number of sulfone groups is 1. The van der Waals surface area contributed by atoms with Gasteiger partial charge in [0.15, 0.2) is 9.84 Å². The molecule has 2 rings (SSSR count). The Kier molecular flexibility index (Phi) is 5.82. The molecule has 120 valence electrons. The van der Waals surface area contributed by atoms with Crippen molar-refractivity contribution in [1.82, 2.24) is 5.32 Å². The van der Waals surface area contributed by atoms with Gasteiger partial charge in [0.2, 0.25) is 0 Å². The highest BCUT2D eigenvalue weighted by molar-refractivity contribution is 7.93. The maximum Gasteiger partial charge on any atom is 0.190 e. The van der Waals surface area contributed by atoms with Crippen molar-refractivity contribution in [3.05, 3.63) is 17.5 Å². The lowest BCUT2D eigenvalue weighted by atomic mass is 9.80. The van der Waals surface area contributed by atoms with Gasteiger partial charge in [-0.05, 0) is 42.5 Å². The second-order valence-electron chi connectivity index (χ2n) is 6.28. The average Bonchev–Trinajstić information content (AvgIpc) is 2.91. The third-order valence-corrected chi connectivity index (χ3v) is 7.55. The predicted octanol–water partition coefficient (Wildman–Crippen LogP) is 2.30. The van der Waals surface area contributed by atoms with Crippen LogP contribution in [-0.4, -0.2) is 38.0 Å². The summed E-state index contributed by atoms with van der Waals surface area (Å²) in [4.78, 5) is 0. The maximum absolute atomic E-state index is 12.1. The summed E-state index contributed by atoms with van der Waals surface area (Å²) >= 11 is 1.20. The molecule has 1 aromatic heterocycles. The zero-order valence-corrected chi connectivity index (χ0v) is 14.3. The van der Waals surface area contributed by atoms with E-state index in [1.165, 1.54) is 24.2 Å². The van der Waals surface area contributed by atoms with E-state index in [1.54, 1.807) is 17.5 Å². The summed E-state index contributed by atoms with van der Waals surface area (Å²) in [6, 6.07) is 3.69. The van der Waals surface area contributed by atoms with Crippen LogP contribution in [0.1, 0.15) is 33.1 Å². The highest BCUT2D eigenvalue weighted by Crippen LogP contribution is 2.28. The zero-order valence-electron chi connectivity index (χ0n) is 12.7. The van der Waals surface area contributed by atoms with E-state index in [0.717, 1.165) is 12.3 Å². The van der Waals surface area contributed by atoms with Crippen LogP contribution in [0.25, 0.3) is 0 Å². The third kappa shape index (κ3) is 4.77. The molecule has 1 aromatic rings. The van der Waals surface area contributed by atoms with Crippen LogP contribution in [0.15, 0.2) is 21.7 Å². The fourth-order valence-corrected chi connectivity index (χ4v) is 5.57. The smallest absolute Gasteiger partial charge is 0.190 e. The number of aliphatic hydroxyl groups is 1. The van der Waals surface area contributed by atoms with Crippen LogP contribution in [0.3, 0.4) is 0 Å². The van der Waals surface area contributed by atoms with Crippen LogP contribution >= 0.6 is 11.3 Å². The van der Waals surface area contributed by atoms with Crippen molar-refractivity contribution >= 4 is 21.2 Å². The van der Waals surface area contributed by atoms with Crippen LogP contribution in [0.2, 0.25) is 0 Å². The molecule has 0 radical (unpaired) electrons. The Hall–Kier alpha value is -0.430. The van der Waals surface area contributed by atoms with Gasteiger partial charge in [-0.25, -0.2) is 8.42 Å². The second-order valence-corrected chi connectivity index (χ2v) is 9.49. The number of hydrogen-bond acceptors (Lipinski definition) is 5. The monoisotopic (exact) mass is 331 g/mol. The normalized spacial score (nSPS) is 28.4. The Morgan fingerprint density at radius 3 is 2.81 bits per heavy atom. The predicted molar refractivity (Wildman–Crippen MR) is 86.3 cm³/mol. The van der Waals surface area contributed by atoms with E-state index in [9.17, 15) is 13.5 Å². The molecule has 0 saturated heterocycles. The molecule has 21 heavy (non-hydrogen) atoms. The Morgan fingerprint density at radius 2 is 2.19 bits per heavy atom. The first-order valence-electron chi connectivity index (χ1n) is 7.56. The number of nitrogens with one attached hydrogen (secondary N) is 1. The number of rotatable bonds is 6. The summed E-state index contributed by atoms with van der Waals surface area (Å²) < 4.78 is 24.5. The van der Waals surface area contributed by atoms with Gasteiger partial charge in [-0.1, -0.05) is 19.9 Å². The average molecular weight is 332 g/mol. The Labute approximate surface area is 131 Å². The van der Waals surface area contributed by atoms with Gasteiger partial charge in [0.1, 0.15) is 4.21 Å². The minimum atomic E-state index is -3.36. The van der Waals surface area contributed by atoms with E-state index in [1.807, 2.05) is 0 Å². The molecular formula is C15H25NO3S2. The molecule has 0 aromatic carbocycles. The molecule has 1 aliphatic rings. The van der Waals surface area contributed by atoms with Gasteiger partial charge in [0.25, 0.3) is 0 Å². The van der Waals surface area contributed by atoms with E-state index in [0.29, 0.717) is 22.7 Å². The van der Waals surface area contributed by atoms with Gasteiger partial charge in [-0.15, -0.1) is 11.3 Å². The van der Waals surface area contributed by atoms with Gasteiger partial charge < -0.3 is 10.4 Å². The SMILES string of the molecule is C[C@@H]1CC[C@H](NC[C@@H](O)CS(=O)(=O)c2cccs2)[C@@H](C)C1. The fraction of sp³-hybridized carbons (Fsp3) is 0.733. The van der Waals surface area contributed by atoms with Crippen molar-refractivity contribution in [2.75, 3.05) is 12.3 Å². The molecule has 1 saturated carbocycles. The molecule has 1 fully saturated rings. The molecule has 6 heteroatoms. The van der Waals surface area contributed by atoms with Gasteiger partial charge in [0, 0.05) is 12.6 Å². The molecule has 0 spiro atoms. The highest BCUT2D eigenvalue weighted by Gasteiger charge is 2.26. The third-order valence-electron chi connectivity index (χ3n) is 4.26. The molecule has 0 bridgehead atoms. The fourth-order valence-electron chi connectivity index (χ4n) is 3.09. The molecule has 1 aliphatic carbocycles. The van der Waals surface area contributed by atoms with Crippen molar-refractivity contribution in [2.45, 2.75) is 49.5 Å². The number of hydrogen-bond donors (Lipinski definition) is 2. The van der Waals surface area contributed by atoms with Gasteiger partial charge in [-0.3, -0.25) is 0 Å². The lowest BCUT2D eigenvalue weighted by molar-refractivity contribution is 0.165. The largest absolute Gasteiger partial charge is 0.391 e. The van der Waals surface area contributed by atoms with E-state index in [4.69, 9.17) is 0 Å². The van der Waals surface area contributed by atoms with Gasteiger partial charge >= 0.3 is 0 Å². The van der Waals surface area contributed by atoms with Crippen LogP contribution in [0.5, 0.6) is 0 Å². The van der Waals surface area contributed by atoms with Crippen molar-refractivity contribution in [1.29, 1.82) is 0 Å². The first kappa shape index (κ1) is 16.9. The standard InChI is InChI=1S/C15H25NO3S2/c1-11-5-6-14(12(2)8-11)16-9-13(17)10-21(18,19)15-4-3-7-20-15/h3-4,7,11-14,16-17H,5-6,8-10H2,1-2H3/t11-,12+,13-,14+/m1/s1. The summed E-state index contributed by atoms with van der Waals surface area (Å²) in [5.41, 5.74) is 0. The molecule has 0 aliphatic heterocycles. The van der Waals surface area contributed by atoms with E-state index >= 15 is 0 Å². The van der Waals surface area contributed by atoms with E-state index in [2.05, 4.69) is 19.2 Å². The summed E-state index contributed by atoms with van der Waals surface area (Å²) in [6.45, 7) is 4.84. The Morgan fingerprint density at radius 1 is 1.43 bits per heavy atom. The van der Waals surface area contributed by atoms with Crippen LogP contribution in [-0.2, 0) is 9.84 Å². The van der Waals surface area contributed by atoms with Crippen molar-refractivity contribution in [3.63, 3.8) is 0 Å². The highest BCUT2D eigenvalue weighted by atomic mass is 32.2. The first-order chi connectivity index (χ1) is 9.88. The molecule has 0 amide bonds. The van der Waals surface area contributed by atoms with Crippen molar-refractivity contribution in [3.8, 4) is 0 Å². The number of aliphatic hydroxyl groups excluding tert-OH is 1. The lowest BCUT2D eigenvalue weighted by Crippen LogP contribution is -2.43. The van der Waals surface area contributed by atoms with Crippen LogP contribution < -0.4 is 5.32 Å². The Bertz CT molecular complexity index is 527. The quantitative estimate of drug-likeness (QED) is 0.839. The Balaban J connectivity index is 1.81. The van der Waals surface area contributed by atoms with E-state index < -0.39 is 15.9 Å². The molecule has 2 N–H and O–H groups in total. The topological polar surface area (TPSA) is 66.4 Å². The first-order valence-corrected chi connectivity index (χ1v) is 10.1. The molecule has 4 nitrogen and oxygen atoms in total. The van der Waals surface area contributed by atoms with E-state index in [-0.39, 0.29) is 5.75 Å². The minimum Gasteiger partial charge on any atom is -0.391 e. The van der Waals surface area contributed by atoms with Crippen LogP contribution in [0.4, 0.5) is 0 Å². The molecule has 1 heterocycles.